The Bertz CT molecular complexity index is 803. The van der Waals surface area contributed by atoms with E-state index in [1.807, 2.05) is 24.3 Å². The summed E-state index contributed by atoms with van der Waals surface area (Å²) in [6.45, 7) is 2.13. The molecule has 2 N–H and O–H groups in total. The molecular weight excluding hydrogens is 373 g/mol. The largest absolute Gasteiger partial charge is 0.372 e. The zero-order valence-electron chi connectivity index (χ0n) is 14.1. The van der Waals surface area contributed by atoms with E-state index in [1.54, 1.807) is 12.1 Å². The molecule has 7 heteroatoms. The van der Waals surface area contributed by atoms with Crippen molar-refractivity contribution in [3.8, 4) is 0 Å². The average Bonchev–Trinajstić information content (AvgIpc) is 3.13. The number of hydrogen-bond acceptors (Lipinski definition) is 3. The van der Waals surface area contributed by atoms with Gasteiger partial charge in [0, 0.05) is 29.5 Å². The van der Waals surface area contributed by atoms with Crippen LogP contribution in [0.2, 0.25) is 10.0 Å². The minimum Gasteiger partial charge on any atom is -0.372 e. The fourth-order valence-corrected chi connectivity index (χ4v) is 3.21. The number of carbonyl (C=O) groups is 2. The minimum absolute atomic E-state index is 0.309. The molecule has 0 aliphatic carbocycles. The Morgan fingerprint density at radius 3 is 2.27 bits per heavy atom. The molecule has 3 rings (SSSR count). The summed E-state index contributed by atoms with van der Waals surface area (Å²) < 4.78 is 0. The van der Waals surface area contributed by atoms with Gasteiger partial charge < -0.3 is 15.5 Å². The van der Waals surface area contributed by atoms with Gasteiger partial charge in [-0.05, 0) is 55.3 Å². The summed E-state index contributed by atoms with van der Waals surface area (Å²) >= 11 is 11.9. The van der Waals surface area contributed by atoms with Crippen LogP contribution in [0.4, 0.5) is 17.1 Å². The van der Waals surface area contributed by atoms with Crippen molar-refractivity contribution in [1.82, 2.24) is 0 Å². The number of nitrogens with zero attached hydrogens (tertiary/aromatic N) is 1. The van der Waals surface area contributed by atoms with E-state index in [2.05, 4.69) is 15.5 Å². The predicted octanol–water partition coefficient (Wildman–Crippen LogP) is 4.56. The maximum absolute atomic E-state index is 12.1. The monoisotopic (exact) mass is 391 g/mol. The first-order valence-electron chi connectivity index (χ1n) is 8.41. The summed E-state index contributed by atoms with van der Waals surface area (Å²) in [7, 11) is 0. The van der Waals surface area contributed by atoms with Gasteiger partial charge in [0.25, 0.3) is 0 Å². The van der Waals surface area contributed by atoms with E-state index in [4.69, 9.17) is 23.2 Å². The van der Waals surface area contributed by atoms with E-state index >= 15 is 0 Å². The molecule has 26 heavy (non-hydrogen) atoms. The molecule has 0 unspecified atom stereocenters. The Morgan fingerprint density at radius 2 is 1.58 bits per heavy atom. The highest BCUT2D eigenvalue weighted by Crippen LogP contribution is 2.25. The van der Waals surface area contributed by atoms with Crippen LogP contribution >= 0.6 is 23.2 Å². The van der Waals surface area contributed by atoms with Gasteiger partial charge >= 0.3 is 0 Å². The molecule has 1 aliphatic rings. The smallest absolute Gasteiger partial charge is 0.233 e. The molecule has 2 aromatic carbocycles. The Hall–Kier alpha value is -2.24. The van der Waals surface area contributed by atoms with Crippen LogP contribution < -0.4 is 15.5 Å². The molecular formula is C19H19Cl2N3O2. The zero-order chi connectivity index (χ0) is 18.5. The molecule has 0 spiro atoms. The van der Waals surface area contributed by atoms with Gasteiger partial charge in [-0.1, -0.05) is 23.2 Å². The lowest BCUT2D eigenvalue weighted by atomic mass is 10.2. The van der Waals surface area contributed by atoms with Crippen LogP contribution in [-0.4, -0.2) is 24.9 Å². The molecule has 0 radical (unpaired) electrons. The lowest BCUT2D eigenvalue weighted by Gasteiger charge is -2.17. The van der Waals surface area contributed by atoms with Gasteiger partial charge in [-0.3, -0.25) is 9.59 Å². The van der Waals surface area contributed by atoms with Crippen LogP contribution in [0.3, 0.4) is 0 Å². The van der Waals surface area contributed by atoms with Crippen molar-refractivity contribution in [2.45, 2.75) is 19.3 Å². The van der Waals surface area contributed by atoms with Gasteiger partial charge in [0.2, 0.25) is 11.8 Å². The third-order valence-electron chi connectivity index (χ3n) is 4.15. The maximum atomic E-state index is 12.1. The number of carbonyl (C=O) groups excluding carboxylic acids is 2. The fraction of sp³-hybridized carbons (Fsp3) is 0.263. The van der Waals surface area contributed by atoms with E-state index in [0.717, 1.165) is 18.8 Å². The van der Waals surface area contributed by atoms with Gasteiger partial charge in [-0.25, -0.2) is 0 Å². The summed E-state index contributed by atoms with van der Waals surface area (Å²) in [5.41, 5.74) is 2.19. The third kappa shape index (κ3) is 4.90. The van der Waals surface area contributed by atoms with Crippen LogP contribution in [0.1, 0.15) is 19.3 Å². The number of hydrogen-bond donors (Lipinski definition) is 2. The second-order valence-electron chi connectivity index (χ2n) is 6.14. The van der Waals surface area contributed by atoms with Gasteiger partial charge in [0.05, 0.1) is 10.7 Å². The summed E-state index contributed by atoms with van der Waals surface area (Å²) in [6, 6.07) is 12.4. The Balaban J connectivity index is 1.53. The molecule has 2 amide bonds. The lowest BCUT2D eigenvalue weighted by Crippen LogP contribution is -2.21. The molecule has 1 heterocycles. The molecule has 2 aromatic rings. The van der Waals surface area contributed by atoms with Gasteiger partial charge in [-0.2, -0.15) is 0 Å². The highest BCUT2D eigenvalue weighted by molar-refractivity contribution is 6.35. The first kappa shape index (κ1) is 18.5. The Morgan fingerprint density at radius 1 is 0.923 bits per heavy atom. The SMILES string of the molecule is O=C(CC(=O)Nc1cc(Cl)ccc1Cl)Nc1ccc(N2CCCC2)cc1. The van der Waals surface area contributed by atoms with E-state index < -0.39 is 11.8 Å². The number of halogens is 2. The van der Waals surface area contributed by atoms with Crippen LogP contribution in [0, 0.1) is 0 Å². The fourth-order valence-electron chi connectivity index (χ4n) is 2.87. The molecule has 0 bridgehead atoms. The second-order valence-corrected chi connectivity index (χ2v) is 6.98. The normalized spacial score (nSPS) is 13.5. The molecule has 1 fully saturated rings. The summed E-state index contributed by atoms with van der Waals surface area (Å²) in [5, 5.41) is 6.13. The number of amides is 2. The summed E-state index contributed by atoms with van der Waals surface area (Å²) in [6.07, 6.45) is 2.12. The van der Waals surface area contributed by atoms with E-state index in [9.17, 15) is 9.59 Å². The van der Waals surface area contributed by atoms with Crippen LogP contribution in [0.25, 0.3) is 0 Å². The van der Waals surface area contributed by atoms with Crippen LogP contribution in [0.5, 0.6) is 0 Å². The Kier molecular flexibility index (Phi) is 6.01. The average molecular weight is 392 g/mol. The lowest BCUT2D eigenvalue weighted by molar-refractivity contribution is -0.123. The highest BCUT2D eigenvalue weighted by atomic mass is 35.5. The van der Waals surface area contributed by atoms with Crippen molar-refractivity contribution in [3.63, 3.8) is 0 Å². The van der Waals surface area contributed by atoms with Crippen molar-refractivity contribution < 1.29 is 9.59 Å². The quantitative estimate of drug-likeness (QED) is 0.734. The molecule has 136 valence electrons. The van der Waals surface area contributed by atoms with Crippen molar-refractivity contribution >= 4 is 52.1 Å². The van der Waals surface area contributed by atoms with E-state index in [0.29, 0.717) is 21.4 Å². The van der Waals surface area contributed by atoms with Crippen molar-refractivity contribution in [1.29, 1.82) is 0 Å². The first-order chi connectivity index (χ1) is 12.5. The van der Waals surface area contributed by atoms with E-state index in [-0.39, 0.29) is 6.42 Å². The standard InChI is InChI=1S/C19H19Cl2N3O2/c20-13-3-8-16(21)17(11-13)23-19(26)12-18(25)22-14-4-6-15(7-5-14)24-9-1-2-10-24/h3-8,11H,1-2,9-10,12H2,(H,22,25)(H,23,26). The number of nitrogens with one attached hydrogen (secondary N) is 2. The van der Waals surface area contributed by atoms with Crippen molar-refractivity contribution in [2.75, 3.05) is 28.6 Å². The molecule has 0 atom stereocenters. The third-order valence-corrected chi connectivity index (χ3v) is 4.71. The predicted molar refractivity (Wildman–Crippen MR) is 106 cm³/mol. The molecule has 1 saturated heterocycles. The van der Waals surface area contributed by atoms with Crippen LogP contribution in [0.15, 0.2) is 42.5 Å². The Labute approximate surface area is 162 Å². The van der Waals surface area contributed by atoms with E-state index in [1.165, 1.54) is 18.9 Å². The number of benzene rings is 2. The van der Waals surface area contributed by atoms with Crippen molar-refractivity contribution in [2.24, 2.45) is 0 Å². The number of anilines is 3. The summed E-state index contributed by atoms with van der Waals surface area (Å²) in [4.78, 5) is 26.4. The molecule has 0 saturated carbocycles. The topological polar surface area (TPSA) is 61.4 Å². The maximum Gasteiger partial charge on any atom is 0.233 e. The molecule has 1 aliphatic heterocycles. The van der Waals surface area contributed by atoms with Crippen LogP contribution in [-0.2, 0) is 9.59 Å². The first-order valence-corrected chi connectivity index (χ1v) is 9.16. The van der Waals surface area contributed by atoms with Gasteiger partial charge in [0.1, 0.15) is 6.42 Å². The van der Waals surface area contributed by atoms with Gasteiger partial charge in [-0.15, -0.1) is 0 Å². The zero-order valence-corrected chi connectivity index (χ0v) is 15.6. The van der Waals surface area contributed by atoms with Gasteiger partial charge in [0.15, 0.2) is 0 Å². The summed E-state index contributed by atoms with van der Waals surface area (Å²) in [5.74, 6) is -0.852. The number of rotatable bonds is 5. The minimum atomic E-state index is -0.458. The molecule has 5 nitrogen and oxygen atoms in total. The highest BCUT2D eigenvalue weighted by Gasteiger charge is 2.14. The molecule has 0 aromatic heterocycles. The van der Waals surface area contributed by atoms with Crippen molar-refractivity contribution in [3.05, 3.63) is 52.5 Å². The second kappa shape index (κ2) is 8.43.